The third kappa shape index (κ3) is 9.60. The molecule has 2 atom stereocenters. The lowest BCUT2D eigenvalue weighted by Crippen LogP contribution is -2.14. The van der Waals surface area contributed by atoms with Crippen molar-refractivity contribution < 1.29 is 0 Å². The number of hydrogen-bond donors (Lipinski definition) is 2. The van der Waals surface area contributed by atoms with Crippen LogP contribution in [-0.2, 0) is 25.7 Å². The second kappa shape index (κ2) is 17.9. The molecule has 0 fully saturated rings. The van der Waals surface area contributed by atoms with Crippen LogP contribution in [0.5, 0.6) is 0 Å². The number of pyridine rings is 2. The Hall–Kier alpha value is -4.84. The van der Waals surface area contributed by atoms with Gasteiger partial charge in [-0.2, -0.15) is 0 Å². The van der Waals surface area contributed by atoms with E-state index < -0.39 is 0 Å². The maximum absolute atomic E-state index is 5.29. The minimum absolute atomic E-state index is 0.386. The Morgan fingerprint density at radius 2 is 0.896 bits per heavy atom. The van der Waals surface area contributed by atoms with E-state index in [-0.39, 0.29) is 12.1 Å². The number of aryl methyl sites for hydroxylation is 4. The predicted octanol–water partition coefficient (Wildman–Crippen LogP) is 10.5. The molecule has 0 saturated carbocycles. The number of aromatic nitrogens is 2. The minimum atomic E-state index is -0.386. The molecule has 0 bridgehead atoms. The number of nitrogens with zero attached hydrogens (tertiary/aromatic N) is 4. The Kier molecular flexibility index (Phi) is 13.4. The second-order valence-electron chi connectivity index (χ2n) is 12.2. The number of para-hydroxylation sites is 2. The van der Waals surface area contributed by atoms with Gasteiger partial charge >= 0.3 is 0 Å². The molecule has 4 aromatic rings. The molecular weight excluding hydrogens is 589 g/mol. The van der Waals surface area contributed by atoms with Gasteiger partial charge < -0.3 is 10.6 Å². The highest BCUT2D eigenvalue weighted by Crippen LogP contribution is 2.35. The summed E-state index contributed by atoms with van der Waals surface area (Å²) in [6.07, 6.45) is 11.7. The van der Waals surface area contributed by atoms with Crippen LogP contribution >= 0.6 is 0 Å². The van der Waals surface area contributed by atoms with Gasteiger partial charge in [0, 0.05) is 46.6 Å². The highest BCUT2D eigenvalue weighted by Gasteiger charge is 2.26. The quantitative estimate of drug-likeness (QED) is 0.127. The molecule has 0 aliphatic carbocycles. The van der Waals surface area contributed by atoms with Crippen LogP contribution in [0.1, 0.15) is 101 Å². The fraction of sp³-hybridized carbons (Fsp3) is 0.333. The molecule has 0 aliphatic rings. The molecule has 4 rings (SSSR count). The van der Waals surface area contributed by atoms with Gasteiger partial charge in [0.25, 0.3) is 0 Å². The summed E-state index contributed by atoms with van der Waals surface area (Å²) < 4.78 is 0. The summed E-state index contributed by atoms with van der Waals surface area (Å²) >= 11 is 0. The van der Waals surface area contributed by atoms with Gasteiger partial charge in [0.15, 0.2) is 0 Å². The summed E-state index contributed by atoms with van der Waals surface area (Å²) in [5.41, 5.74) is 13.1. The summed E-state index contributed by atoms with van der Waals surface area (Å²) in [5.74, 6) is 0. The van der Waals surface area contributed by atoms with Crippen molar-refractivity contribution in [1.82, 2.24) is 9.97 Å². The van der Waals surface area contributed by atoms with Crippen molar-refractivity contribution in [3.05, 3.63) is 142 Å². The van der Waals surface area contributed by atoms with Gasteiger partial charge in [-0.15, -0.1) is 0 Å². The average Bonchev–Trinajstić information content (AvgIpc) is 3.10. The molecule has 2 heterocycles. The van der Waals surface area contributed by atoms with E-state index in [4.69, 9.17) is 20.0 Å². The maximum atomic E-state index is 5.29. The molecule has 0 amide bonds. The van der Waals surface area contributed by atoms with Gasteiger partial charge in [0.2, 0.25) is 0 Å². The van der Waals surface area contributed by atoms with Gasteiger partial charge in [-0.25, -0.2) is 0 Å². The summed E-state index contributed by atoms with van der Waals surface area (Å²) in [4.78, 5) is 20.1. The topological polar surface area (TPSA) is 74.6 Å². The summed E-state index contributed by atoms with van der Waals surface area (Å²) in [7, 11) is 0. The molecule has 0 aliphatic heterocycles. The zero-order chi connectivity index (χ0) is 34.5. The van der Waals surface area contributed by atoms with Crippen molar-refractivity contribution in [1.29, 1.82) is 0 Å². The van der Waals surface area contributed by atoms with Crippen LogP contribution in [0.4, 0.5) is 11.4 Å². The average molecular weight is 641 g/mol. The monoisotopic (exact) mass is 640 g/mol. The van der Waals surface area contributed by atoms with Gasteiger partial charge in [-0.05, 0) is 112 Å². The van der Waals surface area contributed by atoms with E-state index >= 15 is 0 Å². The first-order chi connectivity index (χ1) is 23.3. The lowest BCUT2D eigenvalue weighted by Gasteiger charge is -2.22. The molecule has 250 valence electrons. The Morgan fingerprint density at radius 1 is 0.542 bits per heavy atom. The largest absolute Gasteiger partial charge is 0.359 e. The molecule has 2 N–H and O–H groups in total. The molecule has 2 aromatic carbocycles. The van der Waals surface area contributed by atoms with Crippen LogP contribution in [0.3, 0.4) is 0 Å². The van der Waals surface area contributed by atoms with Crippen molar-refractivity contribution >= 4 is 22.8 Å². The number of benzene rings is 2. The number of nitrogens with one attached hydrogen (secondary N) is 2. The number of allylic oxidation sites excluding steroid dienone is 4. The Morgan fingerprint density at radius 3 is 1.19 bits per heavy atom. The minimum Gasteiger partial charge on any atom is -0.359 e. The Bertz CT molecular complexity index is 1580. The first-order valence-corrected chi connectivity index (χ1v) is 17.3. The van der Waals surface area contributed by atoms with Gasteiger partial charge in [-0.1, -0.05) is 76.2 Å². The van der Waals surface area contributed by atoms with Crippen LogP contribution in [0.2, 0.25) is 0 Å². The van der Waals surface area contributed by atoms with E-state index in [1.807, 2.05) is 62.6 Å². The lowest BCUT2D eigenvalue weighted by molar-refractivity contribution is 0.553. The molecule has 6 nitrogen and oxygen atoms in total. The molecular formula is C42H52N6. The highest BCUT2D eigenvalue weighted by molar-refractivity contribution is 5.95. The first kappa shape index (κ1) is 36.0. The second-order valence-corrected chi connectivity index (χ2v) is 12.2. The molecule has 2 aromatic heterocycles. The van der Waals surface area contributed by atoms with Crippen LogP contribution in [0.25, 0.3) is 0 Å². The Labute approximate surface area is 288 Å². The van der Waals surface area contributed by atoms with Crippen LogP contribution in [-0.4, -0.2) is 21.4 Å². The van der Waals surface area contributed by atoms with Gasteiger partial charge in [0.05, 0.1) is 11.4 Å². The fourth-order valence-electron chi connectivity index (χ4n) is 6.11. The third-order valence-corrected chi connectivity index (χ3v) is 8.46. The molecule has 0 spiro atoms. The molecule has 0 saturated heterocycles. The van der Waals surface area contributed by atoms with Gasteiger partial charge in [-0.3, -0.25) is 20.0 Å². The highest BCUT2D eigenvalue weighted by atomic mass is 15.0. The summed E-state index contributed by atoms with van der Waals surface area (Å²) in [6, 6.07) is 24.2. The fourth-order valence-corrected chi connectivity index (χ4v) is 6.11. The van der Waals surface area contributed by atoms with Crippen molar-refractivity contribution in [2.75, 3.05) is 10.6 Å². The molecule has 0 radical (unpaired) electrons. The van der Waals surface area contributed by atoms with Crippen LogP contribution < -0.4 is 10.6 Å². The SMILES string of the molecule is CCc1cccc(CC)c1N/C(C)=C/C(C)=NC(c1ccccn1)C(N=C(C)/C=C(\C)Nc1c(CC)cccc1CC)c1ccccn1. The molecule has 6 heteroatoms. The zero-order valence-corrected chi connectivity index (χ0v) is 30.0. The van der Waals surface area contributed by atoms with Crippen molar-refractivity contribution in [3.63, 3.8) is 0 Å². The Balaban J connectivity index is 1.74. The van der Waals surface area contributed by atoms with E-state index in [9.17, 15) is 0 Å². The molecule has 48 heavy (non-hydrogen) atoms. The number of anilines is 2. The maximum Gasteiger partial charge on any atom is 0.120 e. The van der Waals surface area contributed by atoms with Crippen LogP contribution in [0.15, 0.2) is 119 Å². The van der Waals surface area contributed by atoms with E-state index in [2.05, 4.69) is 101 Å². The smallest absolute Gasteiger partial charge is 0.120 e. The van der Waals surface area contributed by atoms with Gasteiger partial charge in [0.1, 0.15) is 12.1 Å². The number of hydrogen-bond acceptors (Lipinski definition) is 6. The lowest BCUT2D eigenvalue weighted by atomic mass is 10.0. The first-order valence-electron chi connectivity index (χ1n) is 17.3. The third-order valence-electron chi connectivity index (χ3n) is 8.46. The summed E-state index contributed by atoms with van der Waals surface area (Å²) in [5, 5.41) is 7.37. The normalized spacial score (nSPS) is 14.1. The number of rotatable bonds is 15. The van der Waals surface area contributed by atoms with Crippen molar-refractivity contribution in [2.45, 2.75) is 93.2 Å². The van der Waals surface area contributed by atoms with E-state index in [1.165, 1.54) is 33.6 Å². The van der Waals surface area contributed by atoms with E-state index in [1.54, 1.807) is 0 Å². The standard InChI is InChI=1S/C42H52N6/c1-9-33-19-17-20-34(10-2)39(33)45-29(5)27-31(7)47-41(37-23-13-15-25-43-37)42(38-24-14-16-26-44-38)48-32(8)28-30(6)46-40-35(11-3)21-18-22-36(40)12-4/h13-28,41-42,45-46H,9-12H2,1-8H3/b29-27+,30-28+,47-31?,48-32?. The molecule has 2 unspecified atom stereocenters. The van der Waals surface area contributed by atoms with Crippen molar-refractivity contribution in [3.8, 4) is 0 Å². The van der Waals surface area contributed by atoms with E-state index in [0.29, 0.717) is 0 Å². The number of aliphatic imine (C=N–C) groups is 2. The van der Waals surface area contributed by atoms with Crippen molar-refractivity contribution in [2.24, 2.45) is 9.98 Å². The van der Waals surface area contributed by atoms with E-state index in [0.717, 1.165) is 59.9 Å². The predicted molar refractivity (Wildman–Crippen MR) is 205 cm³/mol. The summed E-state index contributed by atoms with van der Waals surface area (Å²) in [6.45, 7) is 17.1. The zero-order valence-electron chi connectivity index (χ0n) is 30.0. The van der Waals surface area contributed by atoms with Crippen LogP contribution in [0, 0.1) is 0 Å².